The van der Waals surface area contributed by atoms with Crippen LogP contribution in [0.2, 0.25) is 5.02 Å². The number of rotatable bonds is 5. The summed E-state index contributed by atoms with van der Waals surface area (Å²) in [6.07, 6.45) is 0.322. The smallest absolute Gasteiger partial charge is 0.162 e. The van der Waals surface area contributed by atoms with Crippen molar-refractivity contribution < 1.29 is 13.5 Å². The van der Waals surface area contributed by atoms with Crippen molar-refractivity contribution in [2.45, 2.75) is 12.5 Å². The van der Waals surface area contributed by atoms with Gasteiger partial charge in [0.05, 0.1) is 12.1 Å². The van der Waals surface area contributed by atoms with Crippen molar-refractivity contribution in [1.82, 2.24) is 5.32 Å². The third kappa shape index (κ3) is 3.52. The standard InChI is InChI=1S/C16H16ClF2NO/c1-20-14(9-11-4-3-5-13(18)16(11)19)10-6-7-15(21-2)12(17)8-10/h3-8,14,20H,9H2,1-2H3. The van der Waals surface area contributed by atoms with Gasteiger partial charge in [0.1, 0.15) is 5.75 Å². The number of methoxy groups -OCH3 is 1. The first-order valence-electron chi connectivity index (χ1n) is 6.50. The average molecular weight is 312 g/mol. The van der Waals surface area contributed by atoms with Gasteiger partial charge in [-0.3, -0.25) is 0 Å². The third-order valence-electron chi connectivity index (χ3n) is 3.38. The van der Waals surface area contributed by atoms with Crippen LogP contribution in [-0.4, -0.2) is 14.2 Å². The zero-order valence-electron chi connectivity index (χ0n) is 11.8. The second kappa shape index (κ2) is 6.87. The fourth-order valence-electron chi connectivity index (χ4n) is 2.21. The highest BCUT2D eigenvalue weighted by Crippen LogP contribution is 2.29. The van der Waals surface area contributed by atoms with Crippen LogP contribution < -0.4 is 10.1 Å². The van der Waals surface area contributed by atoms with Gasteiger partial charge in [-0.25, -0.2) is 8.78 Å². The number of likely N-dealkylation sites (N-methyl/N-ethyl adjacent to an activating group) is 1. The Morgan fingerprint density at radius 3 is 2.62 bits per heavy atom. The Hall–Kier alpha value is -1.65. The molecule has 0 fully saturated rings. The first kappa shape index (κ1) is 15.7. The van der Waals surface area contributed by atoms with Crippen molar-refractivity contribution >= 4 is 11.6 Å². The lowest BCUT2D eigenvalue weighted by molar-refractivity contribution is 0.414. The Labute approximate surface area is 127 Å². The van der Waals surface area contributed by atoms with Gasteiger partial charge in [-0.2, -0.15) is 0 Å². The van der Waals surface area contributed by atoms with Crippen LogP contribution in [0, 0.1) is 11.6 Å². The van der Waals surface area contributed by atoms with Crippen LogP contribution in [0.1, 0.15) is 17.2 Å². The molecule has 0 aliphatic rings. The number of hydrogen-bond acceptors (Lipinski definition) is 2. The highest BCUT2D eigenvalue weighted by Gasteiger charge is 2.16. The average Bonchev–Trinajstić information content (AvgIpc) is 2.48. The van der Waals surface area contributed by atoms with Gasteiger partial charge < -0.3 is 10.1 Å². The fraction of sp³-hybridized carbons (Fsp3) is 0.250. The van der Waals surface area contributed by atoms with Crippen molar-refractivity contribution in [1.29, 1.82) is 0 Å². The molecule has 0 aromatic heterocycles. The maximum atomic E-state index is 13.8. The van der Waals surface area contributed by atoms with Crippen molar-refractivity contribution in [3.05, 3.63) is 64.2 Å². The lowest BCUT2D eigenvalue weighted by atomic mass is 9.98. The Morgan fingerprint density at radius 2 is 2.00 bits per heavy atom. The van der Waals surface area contributed by atoms with Gasteiger partial charge in [0, 0.05) is 6.04 Å². The van der Waals surface area contributed by atoms with E-state index >= 15 is 0 Å². The van der Waals surface area contributed by atoms with Gasteiger partial charge in [-0.05, 0) is 42.8 Å². The molecule has 0 saturated carbocycles. The van der Waals surface area contributed by atoms with E-state index in [1.807, 2.05) is 6.07 Å². The molecule has 2 aromatic rings. The van der Waals surface area contributed by atoms with Gasteiger partial charge in [-0.1, -0.05) is 29.8 Å². The Bertz CT molecular complexity index is 634. The van der Waals surface area contributed by atoms with E-state index in [0.29, 0.717) is 22.8 Å². The fourth-order valence-corrected chi connectivity index (χ4v) is 2.48. The van der Waals surface area contributed by atoms with Crippen LogP contribution in [-0.2, 0) is 6.42 Å². The van der Waals surface area contributed by atoms with E-state index < -0.39 is 11.6 Å². The minimum absolute atomic E-state index is 0.176. The summed E-state index contributed by atoms with van der Waals surface area (Å²) in [6, 6.07) is 9.38. The molecule has 2 nitrogen and oxygen atoms in total. The predicted molar refractivity (Wildman–Crippen MR) is 79.9 cm³/mol. The minimum atomic E-state index is -0.838. The van der Waals surface area contributed by atoms with Crippen LogP contribution in [0.5, 0.6) is 5.75 Å². The molecule has 1 unspecified atom stereocenters. The Morgan fingerprint density at radius 1 is 1.24 bits per heavy atom. The van der Waals surface area contributed by atoms with Crippen LogP contribution in [0.15, 0.2) is 36.4 Å². The molecule has 0 spiro atoms. The Balaban J connectivity index is 2.28. The maximum Gasteiger partial charge on any atom is 0.162 e. The molecular weight excluding hydrogens is 296 g/mol. The molecule has 0 aliphatic heterocycles. The van der Waals surface area contributed by atoms with E-state index in [9.17, 15) is 8.78 Å². The summed E-state index contributed by atoms with van der Waals surface area (Å²) in [5.74, 6) is -1.07. The maximum absolute atomic E-state index is 13.8. The van der Waals surface area contributed by atoms with E-state index in [-0.39, 0.29) is 6.04 Å². The summed E-state index contributed by atoms with van der Waals surface area (Å²) in [7, 11) is 3.30. The van der Waals surface area contributed by atoms with Gasteiger partial charge in [0.15, 0.2) is 11.6 Å². The summed E-state index contributed by atoms with van der Waals surface area (Å²) in [5, 5.41) is 3.57. The molecule has 0 bridgehead atoms. The van der Waals surface area contributed by atoms with Crippen LogP contribution >= 0.6 is 11.6 Å². The molecule has 1 N–H and O–H groups in total. The minimum Gasteiger partial charge on any atom is -0.495 e. The molecule has 112 valence electrons. The highest BCUT2D eigenvalue weighted by molar-refractivity contribution is 6.32. The van der Waals surface area contributed by atoms with Crippen molar-refractivity contribution in [2.24, 2.45) is 0 Å². The zero-order valence-corrected chi connectivity index (χ0v) is 12.5. The van der Waals surface area contributed by atoms with E-state index in [4.69, 9.17) is 16.3 Å². The van der Waals surface area contributed by atoms with Gasteiger partial charge >= 0.3 is 0 Å². The van der Waals surface area contributed by atoms with Crippen LogP contribution in [0.3, 0.4) is 0 Å². The molecular formula is C16H16ClF2NO. The van der Waals surface area contributed by atoms with Crippen molar-refractivity contribution in [3.8, 4) is 5.75 Å². The first-order valence-corrected chi connectivity index (χ1v) is 6.88. The molecule has 1 atom stereocenters. The van der Waals surface area contributed by atoms with Gasteiger partial charge in [0.25, 0.3) is 0 Å². The summed E-state index contributed by atoms with van der Waals surface area (Å²) in [4.78, 5) is 0. The number of benzene rings is 2. The largest absolute Gasteiger partial charge is 0.495 e. The van der Waals surface area contributed by atoms with E-state index in [0.717, 1.165) is 11.6 Å². The highest BCUT2D eigenvalue weighted by atomic mass is 35.5. The second-order valence-corrected chi connectivity index (χ2v) is 5.06. The molecule has 2 aromatic carbocycles. The lowest BCUT2D eigenvalue weighted by Crippen LogP contribution is -2.19. The zero-order chi connectivity index (χ0) is 15.4. The van der Waals surface area contributed by atoms with Gasteiger partial charge in [0.2, 0.25) is 0 Å². The van der Waals surface area contributed by atoms with Crippen LogP contribution in [0.4, 0.5) is 8.78 Å². The SMILES string of the molecule is CNC(Cc1cccc(F)c1F)c1ccc(OC)c(Cl)c1. The molecule has 2 rings (SSSR count). The number of ether oxygens (including phenoxy) is 1. The summed E-state index contributed by atoms with van der Waals surface area (Å²) in [5.41, 5.74) is 1.20. The lowest BCUT2D eigenvalue weighted by Gasteiger charge is -2.18. The molecule has 0 amide bonds. The first-order chi connectivity index (χ1) is 10.1. The molecule has 5 heteroatoms. The monoisotopic (exact) mass is 311 g/mol. The number of halogens is 3. The van der Waals surface area contributed by atoms with Crippen molar-refractivity contribution in [3.63, 3.8) is 0 Å². The van der Waals surface area contributed by atoms with E-state index in [1.165, 1.54) is 6.07 Å². The third-order valence-corrected chi connectivity index (χ3v) is 3.68. The van der Waals surface area contributed by atoms with Crippen molar-refractivity contribution in [2.75, 3.05) is 14.2 Å². The molecule has 21 heavy (non-hydrogen) atoms. The molecule has 0 radical (unpaired) electrons. The summed E-state index contributed by atoms with van der Waals surface area (Å²) < 4.78 is 32.1. The van der Waals surface area contributed by atoms with Crippen LogP contribution in [0.25, 0.3) is 0 Å². The number of nitrogens with one attached hydrogen (secondary N) is 1. The topological polar surface area (TPSA) is 21.3 Å². The second-order valence-electron chi connectivity index (χ2n) is 4.65. The quantitative estimate of drug-likeness (QED) is 0.896. The van der Waals surface area contributed by atoms with E-state index in [2.05, 4.69) is 5.32 Å². The Kier molecular flexibility index (Phi) is 5.15. The van der Waals surface area contributed by atoms with E-state index in [1.54, 1.807) is 32.4 Å². The predicted octanol–water partition coefficient (Wildman–Crippen LogP) is 4.13. The summed E-state index contributed by atoms with van der Waals surface area (Å²) in [6.45, 7) is 0. The normalized spacial score (nSPS) is 12.2. The molecule has 0 heterocycles. The van der Waals surface area contributed by atoms with Gasteiger partial charge in [-0.15, -0.1) is 0 Å². The molecule has 0 aliphatic carbocycles. The molecule has 0 saturated heterocycles. The number of hydrogen-bond donors (Lipinski definition) is 1. The summed E-state index contributed by atoms with van der Waals surface area (Å²) >= 11 is 6.10.